The van der Waals surface area contributed by atoms with Crippen LogP contribution >= 0.6 is 0 Å². The van der Waals surface area contributed by atoms with E-state index in [2.05, 4.69) is 10.1 Å². The molecule has 0 saturated carbocycles. The number of carboxylic acids is 1. The second-order valence-electron chi connectivity index (χ2n) is 4.98. The van der Waals surface area contributed by atoms with Gasteiger partial charge in [-0.3, -0.25) is 9.59 Å². The Morgan fingerprint density at radius 2 is 2.19 bits per heavy atom. The molecule has 0 spiro atoms. The molecule has 1 amide bonds. The van der Waals surface area contributed by atoms with Crippen molar-refractivity contribution < 1.29 is 14.7 Å². The van der Waals surface area contributed by atoms with E-state index in [-0.39, 0.29) is 18.9 Å². The molecule has 1 fully saturated rings. The summed E-state index contributed by atoms with van der Waals surface area (Å²) in [4.78, 5) is 28.4. The van der Waals surface area contributed by atoms with Crippen molar-refractivity contribution in [1.29, 1.82) is 0 Å². The monoisotopic (exact) mass is 286 g/mol. The number of carbonyl (C=O) groups is 2. The molecular weight excluding hydrogens is 272 g/mol. The molecule has 108 valence electrons. The molecule has 0 bridgehead atoms. The summed E-state index contributed by atoms with van der Waals surface area (Å²) < 4.78 is 1.63. The summed E-state index contributed by atoms with van der Waals surface area (Å²) in [6, 6.07) is 7.55. The van der Waals surface area contributed by atoms with Crippen LogP contribution < -0.4 is 0 Å². The summed E-state index contributed by atoms with van der Waals surface area (Å²) in [7, 11) is 0. The highest BCUT2D eigenvalue weighted by atomic mass is 16.4. The summed E-state index contributed by atoms with van der Waals surface area (Å²) in [6.45, 7) is 0.624. The molecule has 1 aromatic heterocycles. The van der Waals surface area contributed by atoms with E-state index in [0.717, 1.165) is 11.3 Å². The number of hydrogen-bond acceptors (Lipinski definition) is 4. The van der Waals surface area contributed by atoms with Gasteiger partial charge in [0.2, 0.25) is 5.91 Å². The second kappa shape index (κ2) is 5.35. The molecule has 7 heteroatoms. The highest BCUT2D eigenvalue weighted by Crippen LogP contribution is 2.22. The summed E-state index contributed by atoms with van der Waals surface area (Å²) >= 11 is 0. The van der Waals surface area contributed by atoms with Crippen molar-refractivity contribution >= 4 is 11.9 Å². The molecule has 1 N–H and O–H groups in total. The molecule has 1 saturated heterocycles. The van der Waals surface area contributed by atoms with Crippen molar-refractivity contribution in [3.63, 3.8) is 0 Å². The number of amides is 1. The smallest absolute Gasteiger partial charge is 0.308 e. The van der Waals surface area contributed by atoms with Gasteiger partial charge in [0.15, 0.2) is 0 Å². The first kappa shape index (κ1) is 13.3. The van der Waals surface area contributed by atoms with Crippen LogP contribution in [0.1, 0.15) is 12.0 Å². The van der Waals surface area contributed by atoms with E-state index in [1.807, 2.05) is 24.3 Å². The number of carboxylic acid groups (broad SMARTS) is 1. The Kier molecular flexibility index (Phi) is 3.39. The van der Waals surface area contributed by atoms with Crippen molar-refractivity contribution in [2.75, 3.05) is 6.54 Å². The number of rotatable bonds is 4. The molecule has 0 radical (unpaired) electrons. The van der Waals surface area contributed by atoms with Crippen LogP contribution in [0.3, 0.4) is 0 Å². The SMILES string of the molecule is O=C(O)[C@H]1CC(=O)N(Cc2ccccc2-n2cncn2)C1. The molecule has 1 aliphatic rings. The zero-order valence-electron chi connectivity index (χ0n) is 11.2. The molecule has 2 aromatic rings. The fourth-order valence-corrected chi connectivity index (χ4v) is 2.50. The lowest BCUT2D eigenvalue weighted by Crippen LogP contribution is -2.26. The summed E-state index contributed by atoms with van der Waals surface area (Å²) in [5.74, 6) is -1.66. The fraction of sp³-hybridized carbons (Fsp3) is 0.286. The molecule has 3 rings (SSSR count). The minimum absolute atomic E-state index is 0.0703. The first-order chi connectivity index (χ1) is 10.1. The van der Waals surface area contributed by atoms with E-state index in [1.165, 1.54) is 6.33 Å². The number of benzene rings is 1. The lowest BCUT2D eigenvalue weighted by atomic mass is 10.1. The van der Waals surface area contributed by atoms with Crippen LogP contribution in [0.25, 0.3) is 5.69 Å². The Balaban J connectivity index is 1.83. The van der Waals surface area contributed by atoms with Gasteiger partial charge in [-0.05, 0) is 11.6 Å². The third kappa shape index (κ3) is 2.62. The number of carbonyl (C=O) groups excluding carboxylic acids is 1. The first-order valence-electron chi connectivity index (χ1n) is 6.58. The molecule has 1 aromatic carbocycles. The van der Waals surface area contributed by atoms with Gasteiger partial charge in [0.05, 0.1) is 11.6 Å². The Hall–Kier alpha value is -2.70. The van der Waals surface area contributed by atoms with E-state index in [0.29, 0.717) is 6.54 Å². The third-order valence-corrected chi connectivity index (χ3v) is 3.58. The van der Waals surface area contributed by atoms with Gasteiger partial charge in [-0.15, -0.1) is 0 Å². The summed E-state index contributed by atoms with van der Waals surface area (Å²) in [6.07, 6.45) is 3.10. The lowest BCUT2D eigenvalue weighted by molar-refractivity contribution is -0.141. The van der Waals surface area contributed by atoms with Crippen molar-refractivity contribution in [3.8, 4) is 5.69 Å². The van der Waals surface area contributed by atoms with E-state index in [9.17, 15) is 9.59 Å². The van der Waals surface area contributed by atoms with Crippen LogP contribution in [-0.2, 0) is 16.1 Å². The second-order valence-corrected chi connectivity index (χ2v) is 4.98. The molecule has 1 atom stereocenters. The summed E-state index contributed by atoms with van der Waals surface area (Å²) in [5, 5.41) is 13.1. The highest BCUT2D eigenvalue weighted by Gasteiger charge is 2.34. The largest absolute Gasteiger partial charge is 0.481 e. The predicted octanol–water partition coefficient (Wildman–Crippen LogP) is 0.700. The summed E-state index contributed by atoms with van der Waals surface area (Å²) in [5.41, 5.74) is 1.74. The fourth-order valence-electron chi connectivity index (χ4n) is 2.50. The molecule has 2 heterocycles. The van der Waals surface area contributed by atoms with E-state index < -0.39 is 11.9 Å². The van der Waals surface area contributed by atoms with Crippen LogP contribution in [0.15, 0.2) is 36.9 Å². The molecular formula is C14H14N4O3. The Morgan fingerprint density at radius 3 is 2.86 bits per heavy atom. The molecule has 7 nitrogen and oxygen atoms in total. The zero-order valence-corrected chi connectivity index (χ0v) is 11.2. The number of likely N-dealkylation sites (tertiary alicyclic amines) is 1. The number of aromatic nitrogens is 3. The lowest BCUT2D eigenvalue weighted by Gasteiger charge is -2.18. The Labute approximate surface area is 120 Å². The molecule has 1 aliphatic heterocycles. The van der Waals surface area contributed by atoms with Crippen LogP contribution in [-0.4, -0.2) is 43.2 Å². The van der Waals surface area contributed by atoms with Gasteiger partial charge in [0.1, 0.15) is 12.7 Å². The average molecular weight is 286 g/mol. The van der Waals surface area contributed by atoms with Gasteiger partial charge in [0.25, 0.3) is 0 Å². The van der Waals surface area contributed by atoms with Crippen molar-refractivity contribution in [3.05, 3.63) is 42.5 Å². The van der Waals surface area contributed by atoms with Gasteiger partial charge in [-0.25, -0.2) is 9.67 Å². The quantitative estimate of drug-likeness (QED) is 0.893. The van der Waals surface area contributed by atoms with Crippen molar-refractivity contribution in [1.82, 2.24) is 19.7 Å². The van der Waals surface area contributed by atoms with E-state index in [4.69, 9.17) is 5.11 Å². The average Bonchev–Trinajstić information content (AvgIpc) is 3.10. The highest BCUT2D eigenvalue weighted by molar-refractivity contribution is 5.86. The maximum atomic E-state index is 11.9. The van der Waals surface area contributed by atoms with Gasteiger partial charge >= 0.3 is 5.97 Å². The minimum Gasteiger partial charge on any atom is -0.481 e. The van der Waals surface area contributed by atoms with Gasteiger partial charge in [0, 0.05) is 19.5 Å². The van der Waals surface area contributed by atoms with Gasteiger partial charge in [-0.1, -0.05) is 18.2 Å². The van der Waals surface area contributed by atoms with E-state index in [1.54, 1.807) is 15.9 Å². The number of nitrogens with zero attached hydrogens (tertiary/aromatic N) is 4. The van der Waals surface area contributed by atoms with Crippen molar-refractivity contribution in [2.24, 2.45) is 5.92 Å². The molecule has 0 aliphatic carbocycles. The van der Waals surface area contributed by atoms with Crippen LogP contribution in [0, 0.1) is 5.92 Å². The Bertz CT molecular complexity index is 669. The molecule has 0 unspecified atom stereocenters. The van der Waals surface area contributed by atoms with Gasteiger partial charge < -0.3 is 10.0 Å². The maximum absolute atomic E-state index is 11.9. The number of para-hydroxylation sites is 1. The topological polar surface area (TPSA) is 88.3 Å². The normalized spacial score (nSPS) is 18.2. The van der Waals surface area contributed by atoms with Crippen molar-refractivity contribution in [2.45, 2.75) is 13.0 Å². The first-order valence-corrected chi connectivity index (χ1v) is 6.58. The third-order valence-electron chi connectivity index (χ3n) is 3.58. The van der Waals surface area contributed by atoms with Crippen LogP contribution in [0.2, 0.25) is 0 Å². The number of hydrogen-bond donors (Lipinski definition) is 1. The number of aliphatic carboxylic acids is 1. The molecule has 21 heavy (non-hydrogen) atoms. The minimum atomic E-state index is -0.921. The van der Waals surface area contributed by atoms with Gasteiger partial charge in [-0.2, -0.15) is 5.10 Å². The van der Waals surface area contributed by atoms with Crippen LogP contribution in [0.4, 0.5) is 0 Å². The predicted molar refractivity (Wildman–Crippen MR) is 72.5 cm³/mol. The van der Waals surface area contributed by atoms with Crippen LogP contribution in [0.5, 0.6) is 0 Å². The maximum Gasteiger partial charge on any atom is 0.308 e. The standard InChI is InChI=1S/C14H14N4O3/c19-13-5-11(14(20)21)7-17(13)6-10-3-1-2-4-12(10)18-9-15-8-16-18/h1-4,8-9,11H,5-7H2,(H,20,21)/t11-/m0/s1. The zero-order chi connectivity index (χ0) is 14.8. The Morgan fingerprint density at radius 1 is 1.38 bits per heavy atom. The van der Waals surface area contributed by atoms with E-state index >= 15 is 0 Å².